The first-order valence-electron chi connectivity index (χ1n) is 11.9. The quantitative estimate of drug-likeness (QED) is 0.471. The molecule has 0 radical (unpaired) electrons. The molecule has 1 saturated heterocycles. The highest BCUT2D eigenvalue weighted by molar-refractivity contribution is 6.21. The standard InChI is InChI=1S/C28H26F3N3O2/c1-32-14-16-33(17-15-32)25-5-3-2-4-20(25)12-13-34-26(35)23-11-8-21(18-24(23)27(34)36)19-6-9-22(10-7-19)28(29,30)31/h2-11,18H,12-17H2,1H3. The predicted molar refractivity (Wildman–Crippen MR) is 132 cm³/mol. The molecule has 0 aliphatic carbocycles. The summed E-state index contributed by atoms with van der Waals surface area (Å²) in [4.78, 5) is 32.1. The van der Waals surface area contributed by atoms with Gasteiger partial charge in [0.05, 0.1) is 16.7 Å². The van der Waals surface area contributed by atoms with Gasteiger partial charge < -0.3 is 9.80 Å². The number of carbonyl (C=O) groups is 2. The first kappa shape index (κ1) is 24.1. The van der Waals surface area contributed by atoms with Crippen molar-refractivity contribution in [1.29, 1.82) is 0 Å². The van der Waals surface area contributed by atoms with Crippen molar-refractivity contribution < 1.29 is 22.8 Å². The van der Waals surface area contributed by atoms with Gasteiger partial charge in [0.2, 0.25) is 0 Å². The van der Waals surface area contributed by atoms with Crippen LogP contribution in [0.1, 0.15) is 31.8 Å². The minimum Gasteiger partial charge on any atom is -0.369 e. The minimum atomic E-state index is -4.41. The maximum absolute atomic E-state index is 13.2. The molecule has 0 N–H and O–H groups in total. The number of alkyl halides is 3. The van der Waals surface area contributed by atoms with Gasteiger partial charge in [0.25, 0.3) is 11.8 Å². The SMILES string of the molecule is CN1CCN(c2ccccc2CCN2C(=O)c3ccc(-c4ccc(C(F)(F)F)cc4)cc3C2=O)CC1. The van der Waals surface area contributed by atoms with Crippen LogP contribution in [0.4, 0.5) is 18.9 Å². The number of nitrogens with zero attached hydrogens (tertiary/aromatic N) is 3. The molecule has 0 atom stereocenters. The Balaban J connectivity index is 1.32. The lowest BCUT2D eigenvalue weighted by Gasteiger charge is -2.35. The molecular weight excluding hydrogens is 467 g/mol. The molecule has 2 aliphatic rings. The third kappa shape index (κ3) is 4.60. The van der Waals surface area contributed by atoms with Crippen LogP contribution < -0.4 is 4.90 Å². The zero-order valence-electron chi connectivity index (χ0n) is 19.9. The van der Waals surface area contributed by atoms with Crippen LogP contribution in [0.15, 0.2) is 66.7 Å². The minimum absolute atomic E-state index is 0.257. The number of halogens is 3. The Morgan fingerprint density at radius 1 is 0.778 bits per heavy atom. The summed E-state index contributed by atoms with van der Waals surface area (Å²) in [6.45, 7) is 4.06. The molecule has 0 aromatic heterocycles. The van der Waals surface area contributed by atoms with E-state index in [0.717, 1.165) is 49.6 Å². The number of amides is 2. The van der Waals surface area contributed by atoms with Crippen molar-refractivity contribution in [3.63, 3.8) is 0 Å². The van der Waals surface area contributed by atoms with E-state index in [1.165, 1.54) is 17.0 Å². The lowest BCUT2D eigenvalue weighted by Crippen LogP contribution is -2.44. The fourth-order valence-corrected chi connectivity index (χ4v) is 4.84. The van der Waals surface area contributed by atoms with E-state index in [4.69, 9.17) is 0 Å². The second-order valence-electron chi connectivity index (χ2n) is 9.27. The number of anilines is 1. The van der Waals surface area contributed by atoms with Crippen LogP contribution in [0.3, 0.4) is 0 Å². The van der Waals surface area contributed by atoms with Crippen molar-refractivity contribution in [3.05, 3.63) is 89.0 Å². The molecule has 36 heavy (non-hydrogen) atoms. The molecule has 0 spiro atoms. The number of likely N-dealkylation sites (N-methyl/N-ethyl adjacent to an activating group) is 1. The van der Waals surface area contributed by atoms with Crippen molar-refractivity contribution in [1.82, 2.24) is 9.80 Å². The third-order valence-corrected chi connectivity index (χ3v) is 6.96. The van der Waals surface area contributed by atoms with E-state index in [2.05, 4.69) is 22.9 Å². The number of carbonyl (C=O) groups excluding carboxylic acids is 2. The monoisotopic (exact) mass is 493 g/mol. The second kappa shape index (κ2) is 9.43. The number of piperazine rings is 1. The molecule has 1 fully saturated rings. The molecule has 0 saturated carbocycles. The van der Waals surface area contributed by atoms with Crippen LogP contribution in [0.5, 0.6) is 0 Å². The molecule has 8 heteroatoms. The Kier molecular flexibility index (Phi) is 6.30. The largest absolute Gasteiger partial charge is 0.416 e. The number of para-hydroxylation sites is 1. The van der Waals surface area contributed by atoms with Gasteiger partial charge in [-0.25, -0.2) is 0 Å². The summed E-state index contributed by atoms with van der Waals surface area (Å²) in [5.74, 6) is -0.716. The van der Waals surface area contributed by atoms with Crippen molar-refractivity contribution in [3.8, 4) is 11.1 Å². The molecule has 2 aliphatic heterocycles. The number of hydrogen-bond donors (Lipinski definition) is 0. The van der Waals surface area contributed by atoms with Crippen molar-refractivity contribution in [2.75, 3.05) is 44.7 Å². The van der Waals surface area contributed by atoms with E-state index in [-0.39, 0.29) is 23.9 Å². The van der Waals surface area contributed by atoms with Crippen LogP contribution in [-0.4, -0.2) is 61.4 Å². The fourth-order valence-electron chi connectivity index (χ4n) is 4.84. The van der Waals surface area contributed by atoms with E-state index in [0.29, 0.717) is 23.1 Å². The topological polar surface area (TPSA) is 43.9 Å². The van der Waals surface area contributed by atoms with Crippen molar-refractivity contribution in [2.24, 2.45) is 0 Å². The molecule has 0 bridgehead atoms. The van der Waals surface area contributed by atoms with Crippen LogP contribution in [0, 0.1) is 0 Å². The number of imide groups is 1. The maximum Gasteiger partial charge on any atom is 0.416 e. The average molecular weight is 494 g/mol. The van der Waals surface area contributed by atoms with Crippen molar-refractivity contribution >= 4 is 17.5 Å². The lowest BCUT2D eigenvalue weighted by molar-refractivity contribution is -0.137. The van der Waals surface area contributed by atoms with Crippen molar-refractivity contribution in [2.45, 2.75) is 12.6 Å². The van der Waals surface area contributed by atoms with Gasteiger partial charge in [-0.05, 0) is 60.5 Å². The van der Waals surface area contributed by atoms with Gasteiger partial charge in [-0.3, -0.25) is 14.5 Å². The van der Waals surface area contributed by atoms with Crippen LogP contribution >= 0.6 is 0 Å². The van der Waals surface area contributed by atoms with Gasteiger partial charge >= 0.3 is 6.18 Å². The molecule has 3 aromatic rings. The molecule has 0 unspecified atom stereocenters. The Bertz CT molecular complexity index is 1300. The van der Waals surface area contributed by atoms with Gasteiger partial charge in [-0.2, -0.15) is 13.2 Å². The average Bonchev–Trinajstić information content (AvgIpc) is 3.12. The van der Waals surface area contributed by atoms with Crippen LogP contribution in [0.25, 0.3) is 11.1 Å². The number of rotatable bonds is 5. The lowest BCUT2D eigenvalue weighted by atomic mass is 9.99. The highest BCUT2D eigenvalue weighted by atomic mass is 19.4. The van der Waals surface area contributed by atoms with Gasteiger partial charge in [-0.1, -0.05) is 36.4 Å². The fraction of sp³-hybridized carbons (Fsp3) is 0.286. The molecule has 5 rings (SSSR count). The second-order valence-corrected chi connectivity index (χ2v) is 9.27. The Hall–Kier alpha value is -3.65. The number of hydrogen-bond acceptors (Lipinski definition) is 4. The van der Waals surface area contributed by atoms with E-state index in [1.54, 1.807) is 18.2 Å². The summed E-state index contributed by atoms with van der Waals surface area (Å²) in [5.41, 5.74) is 3.22. The van der Waals surface area contributed by atoms with E-state index < -0.39 is 11.7 Å². The summed E-state index contributed by atoms with van der Waals surface area (Å²) in [5, 5.41) is 0. The summed E-state index contributed by atoms with van der Waals surface area (Å²) in [7, 11) is 2.11. The molecular formula is C28H26F3N3O2. The van der Waals surface area contributed by atoms with E-state index in [1.807, 2.05) is 18.2 Å². The third-order valence-electron chi connectivity index (χ3n) is 6.96. The number of fused-ring (bicyclic) bond motifs is 1. The van der Waals surface area contributed by atoms with Crippen LogP contribution in [0.2, 0.25) is 0 Å². The summed E-state index contributed by atoms with van der Waals surface area (Å²) < 4.78 is 38.7. The van der Waals surface area contributed by atoms with Gasteiger partial charge in [0.15, 0.2) is 0 Å². The highest BCUT2D eigenvalue weighted by Gasteiger charge is 2.36. The Morgan fingerprint density at radius 3 is 2.11 bits per heavy atom. The van der Waals surface area contributed by atoms with Gasteiger partial charge in [0, 0.05) is 38.4 Å². The van der Waals surface area contributed by atoms with Gasteiger partial charge in [-0.15, -0.1) is 0 Å². The molecule has 5 nitrogen and oxygen atoms in total. The maximum atomic E-state index is 13.2. The predicted octanol–water partition coefficient (Wildman–Crippen LogP) is 4.96. The molecule has 2 heterocycles. The zero-order chi connectivity index (χ0) is 25.4. The summed E-state index contributed by atoms with van der Waals surface area (Å²) in [6.07, 6.45) is -3.87. The van der Waals surface area contributed by atoms with E-state index in [9.17, 15) is 22.8 Å². The summed E-state index contributed by atoms with van der Waals surface area (Å²) in [6, 6.07) is 17.7. The van der Waals surface area contributed by atoms with Crippen LogP contribution in [-0.2, 0) is 12.6 Å². The Morgan fingerprint density at radius 2 is 1.42 bits per heavy atom. The molecule has 3 aromatic carbocycles. The normalized spacial score (nSPS) is 16.6. The molecule has 186 valence electrons. The smallest absolute Gasteiger partial charge is 0.369 e. The first-order chi connectivity index (χ1) is 17.2. The van der Waals surface area contributed by atoms with E-state index >= 15 is 0 Å². The Labute approximate surface area is 207 Å². The van der Waals surface area contributed by atoms with Gasteiger partial charge in [0.1, 0.15) is 0 Å². The first-order valence-corrected chi connectivity index (χ1v) is 11.9. The number of benzene rings is 3. The highest BCUT2D eigenvalue weighted by Crippen LogP contribution is 2.33. The molecule has 2 amide bonds. The zero-order valence-corrected chi connectivity index (χ0v) is 19.9. The summed E-state index contributed by atoms with van der Waals surface area (Å²) >= 11 is 0.